The molecule has 12 nitrogen and oxygen atoms in total. The number of carbonyl (C=O) groups is 4. The van der Waals surface area contributed by atoms with Crippen LogP contribution in [0.2, 0.25) is 0 Å². The van der Waals surface area contributed by atoms with Gasteiger partial charge >= 0.3 is 12.1 Å². The van der Waals surface area contributed by atoms with E-state index in [1.54, 1.807) is 30.3 Å². The molecule has 39 heavy (non-hydrogen) atoms. The van der Waals surface area contributed by atoms with Crippen LogP contribution in [0.25, 0.3) is 0 Å². The molecule has 0 aliphatic carbocycles. The van der Waals surface area contributed by atoms with Gasteiger partial charge in [0, 0.05) is 16.9 Å². The summed E-state index contributed by atoms with van der Waals surface area (Å²) < 4.78 is 9.76. The SMILES string of the molecule is CC1(C)S[C@@H]2C(NC(=O)C(NC(=O)OCI)c3ccccc3)C(=O)N2[C@H]1C(=O)OCc1ccc([N+](=O)[O-])cc1. The van der Waals surface area contributed by atoms with Gasteiger partial charge in [0.2, 0.25) is 11.8 Å². The number of nitrogens with one attached hydrogen (secondary N) is 2. The summed E-state index contributed by atoms with van der Waals surface area (Å²) in [6.45, 7) is 3.52. The van der Waals surface area contributed by atoms with E-state index in [4.69, 9.17) is 9.47 Å². The number of nitrogens with zero attached hydrogens (tertiary/aromatic N) is 2. The first-order chi connectivity index (χ1) is 18.5. The van der Waals surface area contributed by atoms with Crippen molar-refractivity contribution in [2.75, 3.05) is 4.61 Å². The number of nitro benzene ring substituents is 1. The summed E-state index contributed by atoms with van der Waals surface area (Å²) in [6.07, 6.45) is -0.776. The van der Waals surface area contributed by atoms with E-state index in [0.717, 1.165) is 0 Å². The number of benzene rings is 2. The van der Waals surface area contributed by atoms with Crippen molar-refractivity contribution in [2.24, 2.45) is 0 Å². The zero-order chi connectivity index (χ0) is 28.3. The lowest BCUT2D eigenvalue weighted by Crippen LogP contribution is -2.71. The van der Waals surface area contributed by atoms with Crippen molar-refractivity contribution < 1.29 is 33.6 Å². The number of thioether (sulfide) groups is 1. The normalized spacial score (nSPS) is 21.7. The number of fused-ring (bicyclic) bond motifs is 1. The topological polar surface area (TPSA) is 157 Å². The highest BCUT2D eigenvalue weighted by molar-refractivity contribution is 14.1. The van der Waals surface area contributed by atoms with Gasteiger partial charge in [-0.15, -0.1) is 11.8 Å². The van der Waals surface area contributed by atoms with E-state index >= 15 is 0 Å². The monoisotopic (exact) mass is 668 g/mol. The highest BCUT2D eigenvalue weighted by Crippen LogP contribution is 2.51. The lowest BCUT2D eigenvalue weighted by molar-refractivity contribution is -0.384. The molecule has 2 heterocycles. The Morgan fingerprint density at radius 1 is 1.13 bits per heavy atom. The highest BCUT2D eigenvalue weighted by atomic mass is 127. The molecule has 3 amide bonds. The first kappa shape index (κ1) is 28.6. The maximum Gasteiger partial charge on any atom is 0.408 e. The average molecular weight is 668 g/mol. The number of carbonyl (C=O) groups excluding carboxylic acids is 4. The summed E-state index contributed by atoms with van der Waals surface area (Å²) in [5, 5.41) is 15.6. The van der Waals surface area contributed by atoms with E-state index < -0.39 is 57.0 Å². The third kappa shape index (κ3) is 6.11. The molecule has 4 rings (SSSR count). The Kier molecular flexibility index (Phi) is 8.64. The minimum Gasteiger partial charge on any atom is -0.459 e. The zero-order valence-electron chi connectivity index (χ0n) is 20.9. The van der Waals surface area contributed by atoms with E-state index in [9.17, 15) is 29.3 Å². The van der Waals surface area contributed by atoms with E-state index in [1.165, 1.54) is 40.9 Å². The summed E-state index contributed by atoms with van der Waals surface area (Å²) >= 11 is 3.23. The fourth-order valence-corrected chi connectivity index (χ4v) is 6.37. The van der Waals surface area contributed by atoms with Crippen LogP contribution in [0.4, 0.5) is 10.5 Å². The Labute approximate surface area is 241 Å². The van der Waals surface area contributed by atoms with Gasteiger partial charge in [0.1, 0.15) is 34.7 Å². The number of β-lactam (4-membered cyclic amide) rings is 1. The fraction of sp³-hybridized carbons (Fsp3) is 0.360. The number of esters is 1. The first-order valence-electron chi connectivity index (χ1n) is 11.8. The maximum absolute atomic E-state index is 13.2. The number of nitro groups is 1. The van der Waals surface area contributed by atoms with Crippen molar-refractivity contribution in [2.45, 2.75) is 48.7 Å². The standard InChI is InChI=1S/C25H25IN4O8S/c1-25(2)19(23(33)37-12-14-8-10-16(11-9-14)30(35)36)29-21(32)18(22(29)39-25)27-20(31)17(28-24(34)38-13-26)15-6-4-3-5-7-15/h3-11,17-19,22H,12-13H2,1-2H3,(H,27,31)(H,28,34)/t17?,18?,19-,22+/m0/s1. The Hall–Kier alpha value is -3.40. The predicted octanol–water partition coefficient (Wildman–Crippen LogP) is 3.05. The Morgan fingerprint density at radius 2 is 1.79 bits per heavy atom. The molecular formula is C25H25IN4O8S. The number of halogens is 1. The third-order valence-electron chi connectivity index (χ3n) is 6.33. The number of hydrogen-bond donors (Lipinski definition) is 2. The van der Waals surface area contributed by atoms with Crippen LogP contribution in [0.3, 0.4) is 0 Å². The minimum absolute atomic E-state index is 0.0768. The molecule has 0 saturated carbocycles. The summed E-state index contributed by atoms with van der Waals surface area (Å²) in [7, 11) is 0. The summed E-state index contributed by atoms with van der Waals surface area (Å²) in [4.78, 5) is 63.2. The van der Waals surface area contributed by atoms with Gasteiger partial charge in [0.25, 0.3) is 5.69 Å². The molecule has 0 aromatic heterocycles. The molecule has 2 saturated heterocycles. The van der Waals surface area contributed by atoms with Gasteiger partial charge in [0.15, 0.2) is 0 Å². The van der Waals surface area contributed by atoms with Gasteiger partial charge in [-0.05, 0) is 59.7 Å². The number of alkyl halides is 1. The van der Waals surface area contributed by atoms with Crippen LogP contribution in [0.1, 0.15) is 31.0 Å². The number of ether oxygens (including phenoxy) is 2. The molecule has 2 aromatic carbocycles. The average Bonchev–Trinajstić information content (AvgIpc) is 3.17. The molecule has 0 bridgehead atoms. The second kappa shape index (κ2) is 11.8. The molecule has 2 aliphatic heterocycles. The van der Waals surface area contributed by atoms with Crippen molar-refractivity contribution >= 4 is 63.9 Å². The second-order valence-electron chi connectivity index (χ2n) is 9.31. The smallest absolute Gasteiger partial charge is 0.408 e. The highest BCUT2D eigenvalue weighted by Gasteiger charge is 2.64. The van der Waals surface area contributed by atoms with Crippen LogP contribution >= 0.6 is 34.4 Å². The molecule has 2 fully saturated rings. The van der Waals surface area contributed by atoms with Crippen molar-refractivity contribution in [3.63, 3.8) is 0 Å². The summed E-state index contributed by atoms with van der Waals surface area (Å²) in [6, 6.07) is 11.3. The van der Waals surface area contributed by atoms with Crippen LogP contribution in [0, 0.1) is 10.1 Å². The molecule has 14 heteroatoms. The largest absolute Gasteiger partial charge is 0.459 e. The first-order valence-corrected chi connectivity index (χ1v) is 14.2. The predicted molar refractivity (Wildman–Crippen MR) is 149 cm³/mol. The van der Waals surface area contributed by atoms with Crippen LogP contribution in [0.5, 0.6) is 0 Å². The second-order valence-corrected chi connectivity index (χ2v) is 11.7. The number of non-ortho nitro benzene ring substituents is 1. The number of alkyl carbamates (subject to hydrolysis) is 1. The van der Waals surface area contributed by atoms with Gasteiger partial charge in [-0.1, -0.05) is 30.3 Å². The quantitative estimate of drug-likeness (QED) is 0.102. The van der Waals surface area contributed by atoms with E-state index in [2.05, 4.69) is 10.6 Å². The number of amides is 3. The summed E-state index contributed by atoms with van der Waals surface area (Å²) in [5.74, 6) is -1.64. The van der Waals surface area contributed by atoms with Crippen LogP contribution < -0.4 is 10.6 Å². The maximum atomic E-state index is 13.2. The van der Waals surface area contributed by atoms with Crippen molar-refractivity contribution in [1.29, 1.82) is 0 Å². The van der Waals surface area contributed by atoms with Gasteiger partial charge in [-0.2, -0.15) is 0 Å². The van der Waals surface area contributed by atoms with Gasteiger partial charge in [0.05, 0.1) is 4.92 Å². The Morgan fingerprint density at radius 3 is 2.41 bits per heavy atom. The molecular weight excluding hydrogens is 643 g/mol. The molecule has 0 spiro atoms. The molecule has 206 valence electrons. The lowest BCUT2D eigenvalue weighted by Gasteiger charge is -2.44. The zero-order valence-corrected chi connectivity index (χ0v) is 23.8. The Balaban J connectivity index is 1.42. The van der Waals surface area contributed by atoms with Gasteiger partial charge in [-0.3, -0.25) is 19.7 Å². The van der Waals surface area contributed by atoms with Crippen LogP contribution in [0.15, 0.2) is 54.6 Å². The van der Waals surface area contributed by atoms with Crippen molar-refractivity contribution in [1.82, 2.24) is 15.5 Å². The van der Waals surface area contributed by atoms with Crippen LogP contribution in [-0.4, -0.2) is 60.5 Å². The van der Waals surface area contributed by atoms with Crippen molar-refractivity contribution in [3.05, 3.63) is 75.8 Å². The molecule has 2 N–H and O–H groups in total. The molecule has 2 unspecified atom stereocenters. The third-order valence-corrected chi connectivity index (χ3v) is 8.22. The number of hydrogen-bond acceptors (Lipinski definition) is 9. The van der Waals surface area contributed by atoms with E-state index in [0.29, 0.717) is 11.1 Å². The molecule has 2 aliphatic rings. The fourth-order valence-electron chi connectivity index (χ4n) is 4.47. The molecule has 0 radical (unpaired) electrons. The minimum atomic E-state index is -1.09. The summed E-state index contributed by atoms with van der Waals surface area (Å²) in [5.41, 5.74) is 0.998. The van der Waals surface area contributed by atoms with Crippen molar-refractivity contribution in [3.8, 4) is 0 Å². The van der Waals surface area contributed by atoms with E-state index in [1.807, 2.05) is 36.4 Å². The molecule has 2 aromatic rings. The number of rotatable bonds is 9. The van der Waals surface area contributed by atoms with Crippen LogP contribution in [-0.2, 0) is 30.5 Å². The molecule has 4 atom stereocenters. The van der Waals surface area contributed by atoms with Gasteiger partial charge < -0.3 is 25.0 Å². The van der Waals surface area contributed by atoms with E-state index in [-0.39, 0.29) is 16.9 Å². The lowest BCUT2D eigenvalue weighted by atomic mass is 9.95. The Bertz CT molecular complexity index is 1280. The van der Waals surface area contributed by atoms with Gasteiger partial charge in [-0.25, -0.2) is 9.59 Å².